The topological polar surface area (TPSA) is 59.2 Å². The third-order valence-electron chi connectivity index (χ3n) is 4.98. The predicted molar refractivity (Wildman–Crippen MR) is 98.9 cm³/mol. The molecule has 3 aromatic rings. The Morgan fingerprint density at radius 2 is 1.97 bits per heavy atom. The van der Waals surface area contributed by atoms with E-state index < -0.39 is 23.7 Å². The van der Waals surface area contributed by atoms with Crippen LogP contribution in [-0.4, -0.2) is 27.5 Å². The fourth-order valence-corrected chi connectivity index (χ4v) is 3.61. The van der Waals surface area contributed by atoms with Crippen LogP contribution in [0, 0.1) is 6.92 Å². The molecule has 1 saturated heterocycles. The van der Waals surface area contributed by atoms with Crippen LogP contribution in [0.1, 0.15) is 46.3 Å². The van der Waals surface area contributed by atoms with Crippen molar-refractivity contribution in [3.63, 3.8) is 0 Å². The van der Waals surface area contributed by atoms with Crippen molar-refractivity contribution in [3.8, 4) is 11.4 Å². The Morgan fingerprint density at radius 1 is 1.17 bits per heavy atom. The molecule has 1 aliphatic rings. The summed E-state index contributed by atoms with van der Waals surface area (Å²) in [5.74, 6) is -0.0636. The number of nitrogens with zero attached hydrogens (tertiary/aromatic N) is 3. The molecular weight excluding hydrogens is 383 g/mol. The summed E-state index contributed by atoms with van der Waals surface area (Å²) >= 11 is 0. The second-order valence-electron chi connectivity index (χ2n) is 7.03. The molecule has 2 aromatic carbocycles. The van der Waals surface area contributed by atoms with Crippen molar-refractivity contribution in [1.29, 1.82) is 0 Å². The van der Waals surface area contributed by atoms with Gasteiger partial charge in [0.2, 0.25) is 11.7 Å². The zero-order valence-electron chi connectivity index (χ0n) is 15.6. The van der Waals surface area contributed by atoms with Gasteiger partial charge < -0.3 is 9.42 Å². The molecule has 0 radical (unpaired) electrons. The Kier molecular flexibility index (Phi) is 4.86. The van der Waals surface area contributed by atoms with Crippen molar-refractivity contribution in [2.75, 3.05) is 6.54 Å². The molecule has 5 nitrogen and oxygen atoms in total. The lowest BCUT2D eigenvalue weighted by Crippen LogP contribution is -2.32. The standard InChI is InChI=1S/C21H18F3N3O2/c1-13-6-4-7-14(12-13)18-25-19(29-26-18)17-10-5-11-27(17)20(28)15-8-2-3-9-16(15)21(22,23)24/h2-4,6-9,12,17H,5,10-11H2,1H3/t17-/m1/s1. The molecule has 150 valence electrons. The van der Waals surface area contributed by atoms with E-state index in [1.165, 1.54) is 23.1 Å². The smallest absolute Gasteiger partial charge is 0.337 e. The summed E-state index contributed by atoms with van der Waals surface area (Å²) in [5.41, 5.74) is 0.500. The van der Waals surface area contributed by atoms with Crippen LogP contribution >= 0.6 is 0 Å². The number of benzene rings is 2. The van der Waals surface area contributed by atoms with Gasteiger partial charge in [0.1, 0.15) is 6.04 Å². The van der Waals surface area contributed by atoms with E-state index in [-0.39, 0.29) is 11.5 Å². The lowest BCUT2D eigenvalue weighted by molar-refractivity contribution is -0.138. The van der Waals surface area contributed by atoms with E-state index in [0.29, 0.717) is 25.2 Å². The van der Waals surface area contributed by atoms with Crippen LogP contribution in [0.3, 0.4) is 0 Å². The molecule has 1 aliphatic heterocycles. The molecule has 1 atom stereocenters. The monoisotopic (exact) mass is 401 g/mol. The van der Waals surface area contributed by atoms with Crippen molar-refractivity contribution in [3.05, 3.63) is 71.1 Å². The van der Waals surface area contributed by atoms with E-state index in [1.807, 2.05) is 31.2 Å². The first-order valence-electron chi connectivity index (χ1n) is 9.22. The van der Waals surface area contributed by atoms with Crippen molar-refractivity contribution in [2.45, 2.75) is 32.0 Å². The minimum Gasteiger partial charge on any atom is -0.337 e. The number of hydrogen-bond donors (Lipinski definition) is 0. The van der Waals surface area contributed by atoms with Crippen molar-refractivity contribution < 1.29 is 22.5 Å². The second kappa shape index (κ2) is 7.35. The molecule has 0 N–H and O–H groups in total. The Balaban J connectivity index is 1.63. The van der Waals surface area contributed by atoms with E-state index >= 15 is 0 Å². The van der Waals surface area contributed by atoms with E-state index in [0.717, 1.165) is 17.2 Å². The largest absolute Gasteiger partial charge is 0.417 e. The lowest BCUT2D eigenvalue weighted by atomic mass is 10.1. The summed E-state index contributed by atoms with van der Waals surface area (Å²) in [6, 6.07) is 11.8. The first kappa shape index (κ1) is 19.2. The third kappa shape index (κ3) is 3.74. The van der Waals surface area contributed by atoms with Gasteiger partial charge in [-0.3, -0.25) is 4.79 Å². The van der Waals surface area contributed by atoms with Gasteiger partial charge in [0.05, 0.1) is 11.1 Å². The third-order valence-corrected chi connectivity index (χ3v) is 4.98. The van der Waals surface area contributed by atoms with Crippen LogP contribution in [0.4, 0.5) is 13.2 Å². The highest BCUT2D eigenvalue weighted by atomic mass is 19.4. The number of halogens is 3. The molecule has 4 rings (SSSR count). The van der Waals surface area contributed by atoms with Gasteiger partial charge in [-0.25, -0.2) is 0 Å². The maximum absolute atomic E-state index is 13.3. The van der Waals surface area contributed by atoms with Gasteiger partial charge in [-0.1, -0.05) is 41.1 Å². The second-order valence-corrected chi connectivity index (χ2v) is 7.03. The molecule has 0 bridgehead atoms. The average Bonchev–Trinajstić information content (AvgIpc) is 3.36. The minimum atomic E-state index is -4.61. The summed E-state index contributed by atoms with van der Waals surface area (Å²) in [5, 5.41) is 3.99. The Morgan fingerprint density at radius 3 is 2.72 bits per heavy atom. The van der Waals surface area contributed by atoms with Gasteiger partial charge in [-0.2, -0.15) is 18.2 Å². The first-order chi connectivity index (χ1) is 13.8. The highest BCUT2D eigenvalue weighted by Crippen LogP contribution is 2.37. The molecule has 0 spiro atoms. The number of likely N-dealkylation sites (tertiary alicyclic amines) is 1. The summed E-state index contributed by atoms with van der Waals surface area (Å²) in [6.45, 7) is 2.28. The molecule has 1 aromatic heterocycles. The van der Waals surface area contributed by atoms with Crippen LogP contribution in [0.25, 0.3) is 11.4 Å². The summed E-state index contributed by atoms with van der Waals surface area (Å²) in [7, 11) is 0. The van der Waals surface area contributed by atoms with E-state index in [4.69, 9.17) is 4.52 Å². The Hall–Kier alpha value is -3.16. The van der Waals surface area contributed by atoms with Gasteiger partial charge in [0.25, 0.3) is 5.91 Å². The van der Waals surface area contributed by atoms with Crippen molar-refractivity contribution in [2.24, 2.45) is 0 Å². The molecule has 1 fully saturated rings. The van der Waals surface area contributed by atoms with Gasteiger partial charge in [-0.15, -0.1) is 0 Å². The maximum atomic E-state index is 13.3. The van der Waals surface area contributed by atoms with Crippen LogP contribution in [0.2, 0.25) is 0 Å². The number of aromatic nitrogens is 2. The predicted octanol–water partition coefficient (Wildman–Crippen LogP) is 5.04. The number of rotatable bonds is 3. The number of aryl methyl sites for hydroxylation is 1. The fourth-order valence-electron chi connectivity index (χ4n) is 3.61. The molecule has 0 saturated carbocycles. The number of carbonyl (C=O) groups excluding carboxylic acids is 1. The number of hydrogen-bond acceptors (Lipinski definition) is 4. The fraction of sp³-hybridized carbons (Fsp3) is 0.286. The molecule has 0 unspecified atom stereocenters. The molecular formula is C21H18F3N3O2. The SMILES string of the molecule is Cc1cccc(-c2noc([C@H]3CCCN3C(=O)c3ccccc3C(F)(F)F)n2)c1. The number of carbonyl (C=O) groups is 1. The molecule has 2 heterocycles. The quantitative estimate of drug-likeness (QED) is 0.617. The van der Waals surface area contributed by atoms with Gasteiger partial charge in [0.15, 0.2) is 0 Å². The van der Waals surface area contributed by atoms with E-state index in [9.17, 15) is 18.0 Å². The molecule has 8 heteroatoms. The highest BCUT2D eigenvalue weighted by Gasteiger charge is 2.39. The van der Waals surface area contributed by atoms with E-state index in [1.54, 1.807) is 0 Å². The van der Waals surface area contributed by atoms with E-state index in [2.05, 4.69) is 10.1 Å². The van der Waals surface area contributed by atoms with Crippen molar-refractivity contribution in [1.82, 2.24) is 15.0 Å². The van der Waals surface area contributed by atoms with Gasteiger partial charge >= 0.3 is 6.18 Å². The molecule has 29 heavy (non-hydrogen) atoms. The lowest BCUT2D eigenvalue weighted by Gasteiger charge is -2.23. The molecule has 0 aliphatic carbocycles. The number of alkyl halides is 3. The molecule has 1 amide bonds. The van der Waals surface area contributed by atoms with Gasteiger partial charge in [0, 0.05) is 12.1 Å². The van der Waals surface area contributed by atoms with Crippen LogP contribution in [0.5, 0.6) is 0 Å². The highest BCUT2D eigenvalue weighted by molar-refractivity contribution is 5.96. The zero-order chi connectivity index (χ0) is 20.6. The van der Waals surface area contributed by atoms with Crippen LogP contribution in [0.15, 0.2) is 53.1 Å². The first-order valence-corrected chi connectivity index (χ1v) is 9.22. The van der Waals surface area contributed by atoms with Crippen molar-refractivity contribution >= 4 is 5.91 Å². The maximum Gasteiger partial charge on any atom is 0.417 e. The summed E-state index contributed by atoms with van der Waals surface area (Å²) in [4.78, 5) is 18.7. The number of amides is 1. The Bertz CT molecular complexity index is 1050. The minimum absolute atomic E-state index is 0.233. The average molecular weight is 401 g/mol. The van der Waals surface area contributed by atoms with Crippen LogP contribution in [-0.2, 0) is 6.18 Å². The summed E-state index contributed by atoms with van der Waals surface area (Å²) < 4.78 is 45.4. The van der Waals surface area contributed by atoms with Crippen LogP contribution < -0.4 is 0 Å². The normalized spacial score (nSPS) is 17.0. The Labute approximate surface area is 165 Å². The van der Waals surface area contributed by atoms with Gasteiger partial charge in [-0.05, 0) is 38.0 Å². The zero-order valence-corrected chi connectivity index (χ0v) is 15.6. The summed E-state index contributed by atoms with van der Waals surface area (Å²) in [6.07, 6.45) is -3.41.